The molecule has 0 saturated heterocycles. The monoisotopic (exact) mass is 240 g/mol. The number of hydrogen-bond acceptors (Lipinski definition) is 4. The number of halogens is 1. The highest BCUT2D eigenvalue weighted by atomic mass is 35.5. The molecule has 1 N–H and O–H groups in total. The molecule has 4 nitrogen and oxygen atoms in total. The van der Waals surface area contributed by atoms with Gasteiger partial charge in [0.2, 0.25) is 5.28 Å². The second-order valence-electron chi connectivity index (χ2n) is 4.30. The summed E-state index contributed by atoms with van der Waals surface area (Å²) in [6, 6.07) is 2.71. The lowest BCUT2D eigenvalue weighted by atomic mass is 10.4. The Morgan fingerprint density at radius 2 is 2.25 bits per heavy atom. The Kier molecular flexibility index (Phi) is 3.61. The maximum atomic E-state index is 5.78. The molecule has 0 aliphatic heterocycles. The summed E-state index contributed by atoms with van der Waals surface area (Å²) < 4.78 is 0. The summed E-state index contributed by atoms with van der Waals surface area (Å²) in [7, 11) is 2.16. The predicted octanol–water partition coefficient (Wildman–Crippen LogP) is 1.94. The molecule has 0 radical (unpaired) electrons. The van der Waals surface area contributed by atoms with Crippen molar-refractivity contribution in [2.45, 2.75) is 25.8 Å². The van der Waals surface area contributed by atoms with Crippen LogP contribution in [0.4, 0.5) is 5.82 Å². The van der Waals surface area contributed by atoms with Gasteiger partial charge in [0.25, 0.3) is 0 Å². The summed E-state index contributed by atoms with van der Waals surface area (Å²) in [5.41, 5.74) is 0.887. The van der Waals surface area contributed by atoms with E-state index in [4.69, 9.17) is 11.6 Å². The van der Waals surface area contributed by atoms with Gasteiger partial charge in [0, 0.05) is 30.9 Å². The summed E-state index contributed by atoms with van der Waals surface area (Å²) in [6.07, 6.45) is 2.68. The van der Waals surface area contributed by atoms with E-state index in [0.29, 0.717) is 5.28 Å². The molecular weight excluding hydrogens is 224 g/mol. The van der Waals surface area contributed by atoms with E-state index in [1.807, 2.05) is 13.0 Å². The van der Waals surface area contributed by atoms with E-state index in [1.165, 1.54) is 12.8 Å². The summed E-state index contributed by atoms with van der Waals surface area (Å²) in [5.74, 6) is 0.807. The van der Waals surface area contributed by atoms with Gasteiger partial charge in [-0.25, -0.2) is 9.97 Å². The number of nitrogens with one attached hydrogen (secondary N) is 1. The summed E-state index contributed by atoms with van der Waals surface area (Å²) in [6.45, 7) is 3.83. The fourth-order valence-corrected chi connectivity index (χ4v) is 1.91. The van der Waals surface area contributed by atoms with E-state index in [-0.39, 0.29) is 0 Å². The first-order valence-corrected chi connectivity index (χ1v) is 5.98. The van der Waals surface area contributed by atoms with Crippen molar-refractivity contribution in [2.75, 3.05) is 25.5 Å². The molecule has 5 heteroatoms. The SMILES string of the molecule is Cc1cc(NCCN(C)C2CC2)nc(Cl)n1. The Bertz CT molecular complexity index is 345. The molecular formula is C11H17ClN4. The largest absolute Gasteiger partial charge is 0.369 e. The van der Waals surface area contributed by atoms with Crippen LogP contribution in [0.15, 0.2) is 6.07 Å². The van der Waals surface area contributed by atoms with Crippen molar-refractivity contribution in [3.8, 4) is 0 Å². The Balaban J connectivity index is 1.79. The first-order chi connectivity index (χ1) is 7.65. The van der Waals surface area contributed by atoms with Crippen molar-refractivity contribution in [3.05, 3.63) is 17.0 Å². The molecule has 2 rings (SSSR count). The number of likely N-dealkylation sites (N-methyl/N-ethyl adjacent to an activating group) is 1. The van der Waals surface area contributed by atoms with Gasteiger partial charge in [-0.15, -0.1) is 0 Å². The van der Waals surface area contributed by atoms with E-state index in [1.54, 1.807) is 0 Å². The van der Waals surface area contributed by atoms with Gasteiger partial charge in [-0.1, -0.05) is 0 Å². The molecule has 0 amide bonds. The Morgan fingerprint density at radius 3 is 2.88 bits per heavy atom. The predicted molar refractivity (Wildman–Crippen MR) is 65.9 cm³/mol. The van der Waals surface area contributed by atoms with E-state index in [2.05, 4.69) is 27.2 Å². The number of aromatic nitrogens is 2. The minimum Gasteiger partial charge on any atom is -0.369 e. The standard InChI is InChI=1S/C11H17ClN4/c1-8-7-10(15-11(12)14-8)13-5-6-16(2)9-3-4-9/h7,9H,3-6H2,1-2H3,(H,13,14,15). The van der Waals surface area contributed by atoms with Crippen molar-refractivity contribution in [2.24, 2.45) is 0 Å². The smallest absolute Gasteiger partial charge is 0.224 e. The van der Waals surface area contributed by atoms with Gasteiger partial charge in [-0.05, 0) is 38.4 Å². The van der Waals surface area contributed by atoms with Crippen LogP contribution < -0.4 is 5.32 Å². The number of anilines is 1. The third-order valence-corrected chi connectivity index (χ3v) is 2.94. The van der Waals surface area contributed by atoms with Gasteiger partial charge in [0.1, 0.15) is 5.82 Å². The molecule has 1 aromatic heterocycles. The lowest BCUT2D eigenvalue weighted by Gasteiger charge is -2.16. The molecule has 0 unspecified atom stereocenters. The van der Waals surface area contributed by atoms with Gasteiger partial charge in [-0.2, -0.15) is 0 Å². The van der Waals surface area contributed by atoms with Crippen LogP contribution >= 0.6 is 11.6 Å². The third-order valence-electron chi connectivity index (χ3n) is 2.77. The van der Waals surface area contributed by atoms with Crippen LogP contribution in [0.1, 0.15) is 18.5 Å². The zero-order valence-electron chi connectivity index (χ0n) is 9.70. The van der Waals surface area contributed by atoms with E-state index in [0.717, 1.165) is 30.6 Å². The molecule has 0 aromatic carbocycles. The number of aryl methyl sites for hydroxylation is 1. The minimum absolute atomic E-state index is 0.304. The van der Waals surface area contributed by atoms with Crippen LogP contribution in [0.25, 0.3) is 0 Å². The van der Waals surface area contributed by atoms with Crippen LogP contribution in [-0.4, -0.2) is 41.0 Å². The third kappa shape index (κ3) is 3.32. The molecule has 0 bridgehead atoms. The Hall–Kier alpha value is -0.870. The van der Waals surface area contributed by atoms with Crippen LogP contribution in [0, 0.1) is 6.92 Å². The fraction of sp³-hybridized carbons (Fsp3) is 0.636. The molecule has 1 heterocycles. The zero-order chi connectivity index (χ0) is 11.5. The Labute approximate surface area is 101 Å². The molecule has 88 valence electrons. The molecule has 1 aliphatic rings. The number of nitrogens with zero attached hydrogens (tertiary/aromatic N) is 3. The zero-order valence-corrected chi connectivity index (χ0v) is 10.5. The quantitative estimate of drug-likeness (QED) is 0.799. The van der Waals surface area contributed by atoms with Gasteiger partial charge in [0.05, 0.1) is 0 Å². The molecule has 1 fully saturated rings. The van der Waals surface area contributed by atoms with E-state index in [9.17, 15) is 0 Å². The van der Waals surface area contributed by atoms with Gasteiger partial charge < -0.3 is 10.2 Å². The van der Waals surface area contributed by atoms with Crippen LogP contribution in [0.5, 0.6) is 0 Å². The van der Waals surface area contributed by atoms with E-state index < -0.39 is 0 Å². The molecule has 0 atom stereocenters. The highest BCUT2D eigenvalue weighted by Crippen LogP contribution is 2.24. The topological polar surface area (TPSA) is 41.0 Å². The lowest BCUT2D eigenvalue weighted by Crippen LogP contribution is -2.27. The first kappa shape index (κ1) is 11.6. The second kappa shape index (κ2) is 4.97. The van der Waals surface area contributed by atoms with E-state index >= 15 is 0 Å². The minimum atomic E-state index is 0.304. The number of rotatable bonds is 5. The highest BCUT2D eigenvalue weighted by molar-refractivity contribution is 6.28. The number of hydrogen-bond donors (Lipinski definition) is 1. The van der Waals surface area contributed by atoms with Gasteiger partial charge in [0.15, 0.2) is 0 Å². The normalized spacial score (nSPS) is 15.5. The average molecular weight is 241 g/mol. The summed E-state index contributed by atoms with van der Waals surface area (Å²) in [4.78, 5) is 10.5. The molecule has 1 aromatic rings. The van der Waals surface area contributed by atoms with Gasteiger partial charge >= 0.3 is 0 Å². The van der Waals surface area contributed by atoms with Crippen molar-refractivity contribution in [3.63, 3.8) is 0 Å². The van der Waals surface area contributed by atoms with Crippen LogP contribution in [0.2, 0.25) is 5.28 Å². The molecule has 1 aliphatic carbocycles. The average Bonchev–Trinajstić information content (AvgIpc) is 2.98. The fourth-order valence-electron chi connectivity index (χ4n) is 1.68. The summed E-state index contributed by atoms with van der Waals surface area (Å²) >= 11 is 5.78. The second-order valence-corrected chi connectivity index (χ2v) is 4.64. The maximum absolute atomic E-state index is 5.78. The van der Waals surface area contributed by atoms with Crippen LogP contribution in [-0.2, 0) is 0 Å². The van der Waals surface area contributed by atoms with Crippen molar-refractivity contribution in [1.82, 2.24) is 14.9 Å². The first-order valence-electron chi connectivity index (χ1n) is 5.60. The van der Waals surface area contributed by atoms with Crippen molar-refractivity contribution >= 4 is 17.4 Å². The van der Waals surface area contributed by atoms with Crippen molar-refractivity contribution < 1.29 is 0 Å². The molecule has 0 spiro atoms. The Morgan fingerprint density at radius 1 is 1.50 bits per heavy atom. The van der Waals surface area contributed by atoms with Crippen molar-refractivity contribution in [1.29, 1.82) is 0 Å². The highest BCUT2D eigenvalue weighted by Gasteiger charge is 2.25. The van der Waals surface area contributed by atoms with Gasteiger partial charge in [-0.3, -0.25) is 0 Å². The summed E-state index contributed by atoms with van der Waals surface area (Å²) in [5, 5.41) is 3.57. The molecule has 16 heavy (non-hydrogen) atoms. The maximum Gasteiger partial charge on any atom is 0.224 e. The lowest BCUT2D eigenvalue weighted by molar-refractivity contribution is 0.337. The van der Waals surface area contributed by atoms with Crippen LogP contribution in [0.3, 0.4) is 0 Å². The molecule has 1 saturated carbocycles.